The SMILES string of the molecule is Cc1cnnc(OCCc2ccccc2N)c1. The van der Waals surface area contributed by atoms with Gasteiger partial charge in [0.1, 0.15) is 0 Å². The molecule has 2 aromatic rings. The molecule has 2 rings (SSSR count). The lowest BCUT2D eigenvalue weighted by molar-refractivity contribution is 0.305. The first-order valence-electron chi connectivity index (χ1n) is 5.51. The lowest BCUT2D eigenvalue weighted by Crippen LogP contribution is -2.05. The van der Waals surface area contributed by atoms with Gasteiger partial charge < -0.3 is 10.5 Å². The van der Waals surface area contributed by atoms with Gasteiger partial charge in [-0.2, -0.15) is 5.10 Å². The number of nitrogens with two attached hydrogens (primary N) is 1. The molecule has 0 aliphatic carbocycles. The van der Waals surface area contributed by atoms with Gasteiger partial charge >= 0.3 is 0 Å². The quantitative estimate of drug-likeness (QED) is 0.814. The van der Waals surface area contributed by atoms with Gasteiger partial charge in [-0.05, 0) is 24.1 Å². The number of aryl methyl sites for hydroxylation is 1. The van der Waals surface area contributed by atoms with Crippen LogP contribution < -0.4 is 10.5 Å². The fraction of sp³-hybridized carbons (Fsp3) is 0.231. The molecule has 0 aliphatic heterocycles. The number of nitrogens with zero attached hydrogens (tertiary/aromatic N) is 2. The Hall–Kier alpha value is -2.10. The maximum Gasteiger partial charge on any atom is 0.233 e. The average Bonchev–Trinajstić information content (AvgIpc) is 2.32. The Balaban J connectivity index is 1.90. The fourth-order valence-electron chi connectivity index (χ4n) is 1.54. The molecule has 1 aromatic carbocycles. The number of aromatic nitrogens is 2. The zero-order valence-electron chi connectivity index (χ0n) is 9.76. The third-order valence-corrected chi connectivity index (χ3v) is 2.45. The van der Waals surface area contributed by atoms with E-state index in [9.17, 15) is 0 Å². The molecule has 2 N–H and O–H groups in total. The smallest absolute Gasteiger partial charge is 0.233 e. The van der Waals surface area contributed by atoms with E-state index in [4.69, 9.17) is 10.5 Å². The van der Waals surface area contributed by atoms with Crippen LogP contribution in [0.25, 0.3) is 0 Å². The minimum absolute atomic E-state index is 0.548. The number of rotatable bonds is 4. The highest BCUT2D eigenvalue weighted by atomic mass is 16.5. The maximum absolute atomic E-state index is 5.84. The van der Waals surface area contributed by atoms with Crippen LogP contribution in [0.4, 0.5) is 5.69 Å². The van der Waals surface area contributed by atoms with Gasteiger partial charge in [0.15, 0.2) is 0 Å². The zero-order chi connectivity index (χ0) is 12.1. The second-order valence-electron chi connectivity index (χ2n) is 3.87. The molecule has 0 bridgehead atoms. The van der Waals surface area contributed by atoms with Crippen molar-refractivity contribution < 1.29 is 4.74 Å². The first-order valence-corrected chi connectivity index (χ1v) is 5.51. The molecule has 4 heteroatoms. The van der Waals surface area contributed by atoms with Crippen molar-refractivity contribution in [2.75, 3.05) is 12.3 Å². The summed E-state index contributed by atoms with van der Waals surface area (Å²) in [6.07, 6.45) is 2.46. The van der Waals surface area contributed by atoms with Crippen LogP contribution in [0.2, 0.25) is 0 Å². The molecule has 0 saturated carbocycles. The van der Waals surface area contributed by atoms with Gasteiger partial charge in [-0.1, -0.05) is 18.2 Å². The first-order chi connectivity index (χ1) is 8.25. The van der Waals surface area contributed by atoms with Crippen LogP contribution in [0.15, 0.2) is 36.5 Å². The van der Waals surface area contributed by atoms with Gasteiger partial charge in [0, 0.05) is 18.2 Å². The predicted molar refractivity (Wildman–Crippen MR) is 66.8 cm³/mol. The Morgan fingerprint density at radius 2 is 2.12 bits per heavy atom. The van der Waals surface area contributed by atoms with Crippen molar-refractivity contribution in [2.24, 2.45) is 0 Å². The van der Waals surface area contributed by atoms with E-state index in [1.165, 1.54) is 0 Å². The monoisotopic (exact) mass is 229 g/mol. The van der Waals surface area contributed by atoms with Crippen molar-refractivity contribution in [3.63, 3.8) is 0 Å². The molecule has 0 unspecified atom stereocenters. The molecule has 0 fully saturated rings. The lowest BCUT2D eigenvalue weighted by Gasteiger charge is -2.07. The molecular weight excluding hydrogens is 214 g/mol. The van der Waals surface area contributed by atoms with E-state index >= 15 is 0 Å². The van der Waals surface area contributed by atoms with E-state index in [1.54, 1.807) is 6.20 Å². The van der Waals surface area contributed by atoms with Crippen LogP contribution in [-0.4, -0.2) is 16.8 Å². The second-order valence-corrected chi connectivity index (χ2v) is 3.87. The van der Waals surface area contributed by atoms with Gasteiger partial charge in [-0.15, -0.1) is 5.10 Å². The third-order valence-electron chi connectivity index (χ3n) is 2.45. The number of hydrogen-bond acceptors (Lipinski definition) is 4. The normalized spacial score (nSPS) is 10.2. The number of para-hydroxylation sites is 1. The van der Waals surface area contributed by atoms with Crippen LogP contribution in [0.3, 0.4) is 0 Å². The number of hydrogen-bond donors (Lipinski definition) is 1. The van der Waals surface area contributed by atoms with E-state index in [2.05, 4.69) is 10.2 Å². The van der Waals surface area contributed by atoms with Crippen LogP contribution >= 0.6 is 0 Å². The van der Waals surface area contributed by atoms with Crippen LogP contribution in [0.5, 0.6) is 5.88 Å². The van der Waals surface area contributed by atoms with E-state index < -0.39 is 0 Å². The summed E-state index contributed by atoms with van der Waals surface area (Å²) in [6, 6.07) is 9.65. The summed E-state index contributed by atoms with van der Waals surface area (Å²) in [7, 11) is 0. The van der Waals surface area contributed by atoms with Gasteiger partial charge in [0.05, 0.1) is 12.8 Å². The van der Waals surface area contributed by atoms with Crippen LogP contribution in [-0.2, 0) is 6.42 Å². The summed E-state index contributed by atoms with van der Waals surface area (Å²) >= 11 is 0. The summed E-state index contributed by atoms with van der Waals surface area (Å²) in [5.41, 5.74) is 8.77. The van der Waals surface area contributed by atoms with Gasteiger partial charge in [-0.3, -0.25) is 0 Å². The molecule has 0 atom stereocenters. The van der Waals surface area contributed by atoms with E-state index in [0.717, 1.165) is 23.2 Å². The van der Waals surface area contributed by atoms with Crippen molar-refractivity contribution in [2.45, 2.75) is 13.3 Å². The molecular formula is C13H15N3O. The van der Waals surface area contributed by atoms with Gasteiger partial charge in [0.2, 0.25) is 5.88 Å². The summed E-state index contributed by atoms with van der Waals surface area (Å²) < 4.78 is 5.52. The second kappa shape index (κ2) is 5.30. The summed E-state index contributed by atoms with van der Waals surface area (Å²) in [4.78, 5) is 0. The number of ether oxygens (including phenoxy) is 1. The van der Waals surface area contributed by atoms with Gasteiger partial charge in [0.25, 0.3) is 0 Å². The summed E-state index contributed by atoms with van der Waals surface area (Å²) in [5, 5.41) is 7.72. The number of anilines is 1. The largest absolute Gasteiger partial charge is 0.476 e. The van der Waals surface area contributed by atoms with E-state index in [1.807, 2.05) is 37.3 Å². The van der Waals surface area contributed by atoms with E-state index in [-0.39, 0.29) is 0 Å². The lowest BCUT2D eigenvalue weighted by atomic mass is 10.1. The summed E-state index contributed by atoms with van der Waals surface area (Å²) in [5.74, 6) is 0.555. The molecule has 88 valence electrons. The van der Waals surface area contributed by atoms with Crippen molar-refractivity contribution in [1.82, 2.24) is 10.2 Å². The average molecular weight is 229 g/mol. The Morgan fingerprint density at radius 3 is 2.88 bits per heavy atom. The van der Waals surface area contributed by atoms with Crippen molar-refractivity contribution in [3.8, 4) is 5.88 Å². The predicted octanol–water partition coefficient (Wildman–Crippen LogP) is 1.99. The Kier molecular flexibility index (Phi) is 3.55. The molecule has 0 radical (unpaired) electrons. The van der Waals surface area contributed by atoms with Crippen molar-refractivity contribution in [3.05, 3.63) is 47.7 Å². The molecule has 0 saturated heterocycles. The number of nitrogen functional groups attached to an aromatic ring is 1. The maximum atomic E-state index is 5.84. The first kappa shape index (κ1) is 11.4. The highest BCUT2D eigenvalue weighted by Crippen LogP contribution is 2.12. The molecule has 17 heavy (non-hydrogen) atoms. The Bertz CT molecular complexity index is 500. The highest BCUT2D eigenvalue weighted by molar-refractivity contribution is 5.46. The highest BCUT2D eigenvalue weighted by Gasteiger charge is 2.00. The number of benzene rings is 1. The summed E-state index contributed by atoms with van der Waals surface area (Å²) in [6.45, 7) is 2.50. The third kappa shape index (κ3) is 3.17. The molecule has 1 heterocycles. The standard InChI is InChI=1S/C13H15N3O/c1-10-8-13(16-15-9-10)17-7-6-11-4-2-3-5-12(11)14/h2-5,8-9H,6-7,14H2,1H3. The fourth-order valence-corrected chi connectivity index (χ4v) is 1.54. The van der Waals surface area contributed by atoms with Crippen molar-refractivity contribution >= 4 is 5.69 Å². The van der Waals surface area contributed by atoms with E-state index in [0.29, 0.717) is 12.5 Å². The Morgan fingerprint density at radius 1 is 1.29 bits per heavy atom. The topological polar surface area (TPSA) is 61.0 Å². The molecule has 4 nitrogen and oxygen atoms in total. The van der Waals surface area contributed by atoms with Crippen LogP contribution in [0, 0.1) is 6.92 Å². The Labute approximate surface area is 100 Å². The molecule has 0 aliphatic rings. The molecule has 1 aromatic heterocycles. The molecule has 0 spiro atoms. The van der Waals surface area contributed by atoms with Crippen LogP contribution in [0.1, 0.15) is 11.1 Å². The molecule has 0 amide bonds. The zero-order valence-corrected chi connectivity index (χ0v) is 9.76. The van der Waals surface area contributed by atoms with Gasteiger partial charge in [-0.25, -0.2) is 0 Å². The minimum atomic E-state index is 0.548. The minimum Gasteiger partial charge on any atom is -0.476 e. The van der Waals surface area contributed by atoms with Crippen molar-refractivity contribution in [1.29, 1.82) is 0 Å².